The van der Waals surface area contributed by atoms with Gasteiger partial charge in [-0.2, -0.15) is 0 Å². The minimum atomic E-state index is -0.281. The molecule has 2 rings (SSSR count). The molecule has 4 heteroatoms. The Labute approximate surface area is 101 Å². The summed E-state index contributed by atoms with van der Waals surface area (Å²) >= 11 is 0. The molecule has 1 aliphatic heterocycles. The average molecular weight is 239 g/mol. The Kier molecular flexibility index (Phi) is 4.20. The molecule has 0 aliphatic carbocycles. The van der Waals surface area contributed by atoms with Crippen LogP contribution in [-0.2, 0) is 4.74 Å². The van der Waals surface area contributed by atoms with E-state index in [9.17, 15) is 4.39 Å². The van der Waals surface area contributed by atoms with Crippen molar-refractivity contribution in [1.29, 1.82) is 0 Å². The number of ether oxygens (including phenoxy) is 2. The van der Waals surface area contributed by atoms with Crippen LogP contribution in [0, 0.1) is 5.82 Å². The summed E-state index contributed by atoms with van der Waals surface area (Å²) in [6.07, 6.45) is 3.10. The molecular formula is C13H18FNO2. The molecule has 1 fully saturated rings. The van der Waals surface area contributed by atoms with E-state index in [0.717, 1.165) is 38.2 Å². The molecule has 0 amide bonds. The van der Waals surface area contributed by atoms with Crippen LogP contribution in [0.2, 0.25) is 0 Å². The molecule has 0 spiro atoms. The third kappa shape index (κ3) is 3.33. The first-order valence-electron chi connectivity index (χ1n) is 5.97. The van der Waals surface area contributed by atoms with Crippen molar-refractivity contribution >= 4 is 5.69 Å². The van der Waals surface area contributed by atoms with Crippen molar-refractivity contribution < 1.29 is 13.9 Å². The lowest BCUT2D eigenvalue weighted by Crippen LogP contribution is -2.20. The van der Waals surface area contributed by atoms with Crippen LogP contribution in [0.1, 0.15) is 19.3 Å². The summed E-state index contributed by atoms with van der Waals surface area (Å²) in [5.74, 6) is 0.270. The van der Waals surface area contributed by atoms with Crippen molar-refractivity contribution in [3.05, 3.63) is 24.0 Å². The Hall–Kier alpha value is -1.29. The number of halogens is 1. The predicted molar refractivity (Wildman–Crippen MR) is 65.0 cm³/mol. The van der Waals surface area contributed by atoms with Gasteiger partial charge in [0.05, 0.1) is 12.8 Å². The van der Waals surface area contributed by atoms with Crippen molar-refractivity contribution in [2.24, 2.45) is 0 Å². The summed E-state index contributed by atoms with van der Waals surface area (Å²) in [6, 6.07) is 4.94. The molecule has 1 saturated heterocycles. The first-order chi connectivity index (χ1) is 8.29. The van der Waals surface area contributed by atoms with Crippen LogP contribution in [0.25, 0.3) is 0 Å². The molecule has 1 heterocycles. The predicted octanol–water partition coefficient (Wildman–Crippen LogP) is 2.82. The van der Waals surface area contributed by atoms with Crippen LogP contribution < -0.4 is 10.1 Å². The Morgan fingerprint density at radius 2 is 2.24 bits per heavy atom. The third-order valence-corrected chi connectivity index (χ3v) is 2.98. The number of anilines is 1. The summed E-state index contributed by atoms with van der Waals surface area (Å²) in [7, 11) is 1.55. The lowest BCUT2D eigenvalue weighted by Gasteiger charge is -2.19. The summed E-state index contributed by atoms with van der Waals surface area (Å²) in [5.41, 5.74) is 0.848. The Morgan fingerprint density at radius 1 is 1.35 bits per heavy atom. The van der Waals surface area contributed by atoms with Gasteiger partial charge in [-0.25, -0.2) is 4.39 Å². The number of hydrogen-bond acceptors (Lipinski definition) is 3. The highest BCUT2D eigenvalue weighted by Crippen LogP contribution is 2.27. The number of hydrogen-bond donors (Lipinski definition) is 1. The second kappa shape index (κ2) is 5.87. The van der Waals surface area contributed by atoms with Crippen molar-refractivity contribution in [2.45, 2.75) is 25.3 Å². The first kappa shape index (κ1) is 12.2. The number of methoxy groups -OCH3 is 1. The van der Waals surface area contributed by atoms with E-state index in [1.807, 2.05) is 0 Å². The highest BCUT2D eigenvalue weighted by molar-refractivity contribution is 5.57. The Balaban J connectivity index is 2.06. The zero-order valence-electron chi connectivity index (χ0n) is 10.0. The monoisotopic (exact) mass is 239 g/mol. The van der Waals surface area contributed by atoms with E-state index in [4.69, 9.17) is 9.47 Å². The second-order valence-corrected chi connectivity index (χ2v) is 4.23. The fraction of sp³-hybridized carbons (Fsp3) is 0.538. The molecule has 1 unspecified atom stereocenters. The van der Waals surface area contributed by atoms with Gasteiger partial charge in [-0.15, -0.1) is 0 Å². The summed E-state index contributed by atoms with van der Waals surface area (Å²) in [6.45, 7) is 1.61. The molecule has 94 valence electrons. The Morgan fingerprint density at radius 3 is 3.06 bits per heavy atom. The molecule has 1 aromatic rings. The SMILES string of the molecule is COc1cc(F)ccc1NC1CCCOCC1. The van der Waals surface area contributed by atoms with E-state index < -0.39 is 0 Å². The van der Waals surface area contributed by atoms with E-state index in [2.05, 4.69) is 5.32 Å². The molecule has 0 saturated carbocycles. The van der Waals surface area contributed by atoms with E-state index >= 15 is 0 Å². The molecule has 17 heavy (non-hydrogen) atoms. The smallest absolute Gasteiger partial charge is 0.144 e. The lowest BCUT2D eigenvalue weighted by molar-refractivity contribution is 0.144. The zero-order valence-corrected chi connectivity index (χ0v) is 10.0. The molecule has 0 aromatic heterocycles. The van der Waals surface area contributed by atoms with E-state index in [0.29, 0.717) is 11.8 Å². The van der Waals surface area contributed by atoms with Crippen molar-refractivity contribution in [3.63, 3.8) is 0 Å². The maximum Gasteiger partial charge on any atom is 0.144 e. The molecule has 0 bridgehead atoms. The van der Waals surface area contributed by atoms with Gasteiger partial charge >= 0.3 is 0 Å². The van der Waals surface area contributed by atoms with Gasteiger partial charge in [0, 0.05) is 25.3 Å². The zero-order chi connectivity index (χ0) is 12.1. The molecule has 1 atom stereocenters. The molecular weight excluding hydrogens is 221 g/mol. The summed E-state index contributed by atoms with van der Waals surface area (Å²) in [4.78, 5) is 0. The van der Waals surface area contributed by atoms with Crippen LogP contribution >= 0.6 is 0 Å². The highest BCUT2D eigenvalue weighted by Gasteiger charge is 2.14. The van der Waals surface area contributed by atoms with Crippen LogP contribution in [0.5, 0.6) is 5.75 Å². The highest BCUT2D eigenvalue weighted by atomic mass is 19.1. The second-order valence-electron chi connectivity index (χ2n) is 4.23. The quantitative estimate of drug-likeness (QED) is 0.879. The lowest BCUT2D eigenvalue weighted by atomic mass is 10.1. The van der Waals surface area contributed by atoms with Crippen LogP contribution in [0.4, 0.5) is 10.1 Å². The fourth-order valence-electron chi connectivity index (χ4n) is 2.05. The van der Waals surface area contributed by atoms with Gasteiger partial charge in [0.2, 0.25) is 0 Å². The molecule has 1 aromatic carbocycles. The molecule has 3 nitrogen and oxygen atoms in total. The van der Waals surface area contributed by atoms with Gasteiger partial charge in [0.1, 0.15) is 11.6 Å². The van der Waals surface area contributed by atoms with Crippen molar-refractivity contribution in [2.75, 3.05) is 25.6 Å². The van der Waals surface area contributed by atoms with Crippen LogP contribution in [0.15, 0.2) is 18.2 Å². The van der Waals surface area contributed by atoms with Crippen LogP contribution in [0.3, 0.4) is 0 Å². The Bertz CT molecular complexity index is 362. The van der Waals surface area contributed by atoms with Crippen LogP contribution in [-0.4, -0.2) is 26.4 Å². The minimum Gasteiger partial charge on any atom is -0.494 e. The van der Waals surface area contributed by atoms with Gasteiger partial charge in [0.15, 0.2) is 0 Å². The number of benzene rings is 1. The fourth-order valence-corrected chi connectivity index (χ4v) is 2.05. The number of rotatable bonds is 3. The first-order valence-corrected chi connectivity index (χ1v) is 5.97. The van der Waals surface area contributed by atoms with E-state index in [1.54, 1.807) is 13.2 Å². The van der Waals surface area contributed by atoms with Gasteiger partial charge in [-0.1, -0.05) is 0 Å². The van der Waals surface area contributed by atoms with Gasteiger partial charge < -0.3 is 14.8 Å². The molecule has 1 aliphatic rings. The van der Waals surface area contributed by atoms with E-state index in [-0.39, 0.29) is 5.82 Å². The van der Waals surface area contributed by atoms with Gasteiger partial charge in [0.25, 0.3) is 0 Å². The summed E-state index contributed by atoms with van der Waals surface area (Å²) < 4.78 is 23.6. The van der Waals surface area contributed by atoms with Crippen molar-refractivity contribution in [1.82, 2.24) is 0 Å². The molecule has 1 N–H and O–H groups in total. The van der Waals surface area contributed by atoms with Crippen molar-refractivity contribution in [3.8, 4) is 5.75 Å². The largest absolute Gasteiger partial charge is 0.494 e. The maximum atomic E-state index is 13.0. The molecule has 0 radical (unpaired) electrons. The maximum absolute atomic E-state index is 13.0. The van der Waals surface area contributed by atoms with Gasteiger partial charge in [-0.05, 0) is 31.4 Å². The van der Waals surface area contributed by atoms with E-state index in [1.165, 1.54) is 12.1 Å². The third-order valence-electron chi connectivity index (χ3n) is 2.98. The standard InChI is InChI=1S/C13H18FNO2/c1-16-13-9-10(14)4-5-12(13)15-11-3-2-7-17-8-6-11/h4-5,9,11,15H,2-3,6-8H2,1H3. The van der Waals surface area contributed by atoms with Gasteiger partial charge in [-0.3, -0.25) is 0 Å². The number of nitrogens with one attached hydrogen (secondary N) is 1. The minimum absolute atomic E-state index is 0.281. The summed E-state index contributed by atoms with van der Waals surface area (Å²) in [5, 5.41) is 3.40. The topological polar surface area (TPSA) is 30.5 Å². The average Bonchev–Trinajstić information content (AvgIpc) is 2.60. The normalized spacial score (nSPS) is 20.7.